The van der Waals surface area contributed by atoms with Gasteiger partial charge in [-0.05, 0) is 12.5 Å². The summed E-state index contributed by atoms with van der Waals surface area (Å²) in [5.74, 6) is 0.610. The van der Waals surface area contributed by atoms with Crippen LogP contribution in [0.15, 0.2) is 22.6 Å². The number of hydrogen-bond acceptors (Lipinski definition) is 6. The molecule has 0 saturated heterocycles. The normalized spacial score (nSPS) is 12.5. The highest BCUT2D eigenvalue weighted by atomic mass is 32.2. The van der Waals surface area contributed by atoms with E-state index in [-0.39, 0.29) is 5.69 Å². The molecule has 1 unspecified atom stereocenters. The first-order valence-corrected chi connectivity index (χ1v) is 7.38. The fourth-order valence-electron chi connectivity index (χ4n) is 1.57. The second-order valence-electron chi connectivity index (χ2n) is 3.99. The van der Waals surface area contributed by atoms with Crippen LogP contribution in [0, 0.1) is 10.1 Å². The molecule has 0 amide bonds. The minimum Gasteiger partial charge on any atom is -0.423 e. The van der Waals surface area contributed by atoms with Crippen molar-refractivity contribution in [2.24, 2.45) is 0 Å². The summed E-state index contributed by atoms with van der Waals surface area (Å²) in [7, 11) is -0.813. The summed E-state index contributed by atoms with van der Waals surface area (Å²) >= 11 is 0. The lowest BCUT2D eigenvalue weighted by atomic mass is 10.3. The predicted octanol–water partition coefficient (Wildman–Crippen LogP) is 1.92. The van der Waals surface area contributed by atoms with Gasteiger partial charge in [-0.1, -0.05) is 0 Å². The number of rotatable bonds is 6. The van der Waals surface area contributed by atoms with Gasteiger partial charge in [-0.2, -0.15) is 4.98 Å². The first-order chi connectivity index (χ1) is 9.06. The Balaban J connectivity index is 2.04. The molecule has 2 rings (SSSR count). The molecule has 8 heteroatoms. The Kier molecular flexibility index (Phi) is 4.10. The minimum atomic E-state index is -0.813. The summed E-state index contributed by atoms with van der Waals surface area (Å²) in [5.41, 5.74) is 0.902. The van der Waals surface area contributed by atoms with Crippen molar-refractivity contribution in [2.75, 3.05) is 23.9 Å². The van der Waals surface area contributed by atoms with Crippen LogP contribution in [0.1, 0.15) is 6.42 Å². The molecule has 1 aromatic heterocycles. The zero-order chi connectivity index (χ0) is 13.8. The minimum absolute atomic E-state index is 0.0309. The fraction of sp³-hybridized carbons (Fsp3) is 0.364. The predicted molar refractivity (Wildman–Crippen MR) is 72.7 cm³/mol. The molecule has 2 aromatic rings. The molecular formula is C11H13N3O4S. The number of benzene rings is 1. The highest BCUT2D eigenvalue weighted by Gasteiger charge is 2.11. The molecular weight excluding hydrogens is 270 g/mol. The Morgan fingerprint density at radius 2 is 2.32 bits per heavy atom. The molecule has 0 aliphatic heterocycles. The Labute approximate surface area is 111 Å². The Hall–Kier alpha value is -1.96. The molecule has 1 heterocycles. The van der Waals surface area contributed by atoms with Crippen LogP contribution in [0.5, 0.6) is 0 Å². The smallest absolute Gasteiger partial charge is 0.295 e. The van der Waals surface area contributed by atoms with Crippen molar-refractivity contribution in [1.29, 1.82) is 0 Å². The van der Waals surface area contributed by atoms with Crippen molar-refractivity contribution in [2.45, 2.75) is 6.42 Å². The van der Waals surface area contributed by atoms with Crippen LogP contribution in [0.25, 0.3) is 11.1 Å². The molecule has 0 saturated carbocycles. The van der Waals surface area contributed by atoms with E-state index in [9.17, 15) is 14.3 Å². The quantitative estimate of drug-likeness (QED) is 0.494. The fourth-order valence-corrected chi connectivity index (χ4v) is 2.12. The molecule has 0 aliphatic rings. The number of nitrogens with one attached hydrogen (secondary N) is 1. The van der Waals surface area contributed by atoms with Crippen LogP contribution < -0.4 is 5.32 Å². The van der Waals surface area contributed by atoms with Gasteiger partial charge in [0.25, 0.3) is 11.7 Å². The number of non-ortho nitro benzene ring substituents is 1. The maximum absolute atomic E-state index is 10.9. The number of nitro groups is 1. The lowest BCUT2D eigenvalue weighted by molar-refractivity contribution is -0.384. The van der Waals surface area contributed by atoms with Crippen LogP contribution in [-0.2, 0) is 10.8 Å². The monoisotopic (exact) mass is 283 g/mol. The van der Waals surface area contributed by atoms with Gasteiger partial charge in [0.2, 0.25) is 0 Å². The van der Waals surface area contributed by atoms with Crippen molar-refractivity contribution in [3.8, 4) is 0 Å². The van der Waals surface area contributed by atoms with Crippen LogP contribution >= 0.6 is 0 Å². The van der Waals surface area contributed by atoms with Crippen molar-refractivity contribution < 1.29 is 13.5 Å². The zero-order valence-electron chi connectivity index (χ0n) is 10.3. The van der Waals surface area contributed by atoms with E-state index in [0.717, 1.165) is 6.42 Å². The van der Waals surface area contributed by atoms with Gasteiger partial charge in [-0.15, -0.1) is 0 Å². The highest BCUT2D eigenvalue weighted by molar-refractivity contribution is 7.84. The first-order valence-electron chi connectivity index (χ1n) is 5.65. The van der Waals surface area contributed by atoms with Crippen molar-refractivity contribution in [3.63, 3.8) is 0 Å². The summed E-state index contributed by atoms with van der Waals surface area (Å²) in [6, 6.07) is 4.59. The SMILES string of the molecule is CS(=O)CCCNc1nc2ccc([N+](=O)[O-])cc2o1. The standard InChI is InChI=1S/C11H13N3O4S/c1-19(17)6-2-5-12-11-13-9-4-3-8(14(15)16)7-10(9)18-11/h3-4,7H,2,5-6H2,1H3,(H,12,13). The van der Waals surface area contributed by atoms with E-state index in [0.29, 0.717) is 29.4 Å². The van der Waals surface area contributed by atoms with Gasteiger partial charge in [0, 0.05) is 35.4 Å². The highest BCUT2D eigenvalue weighted by Crippen LogP contribution is 2.23. The van der Waals surface area contributed by atoms with E-state index >= 15 is 0 Å². The Bertz CT molecular complexity index is 625. The maximum atomic E-state index is 10.9. The van der Waals surface area contributed by atoms with Crippen LogP contribution in [0.4, 0.5) is 11.7 Å². The molecule has 0 fully saturated rings. The van der Waals surface area contributed by atoms with Gasteiger partial charge in [-0.3, -0.25) is 14.3 Å². The van der Waals surface area contributed by atoms with Crippen LogP contribution in [0.3, 0.4) is 0 Å². The van der Waals surface area contributed by atoms with Crippen LogP contribution in [-0.4, -0.2) is 32.7 Å². The maximum Gasteiger partial charge on any atom is 0.295 e. The van der Waals surface area contributed by atoms with Gasteiger partial charge in [0.15, 0.2) is 5.58 Å². The Morgan fingerprint density at radius 1 is 1.53 bits per heavy atom. The third kappa shape index (κ3) is 3.50. The van der Waals surface area contributed by atoms with E-state index in [4.69, 9.17) is 4.42 Å². The van der Waals surface area contributed by atoms with E-state index in [2.05, 4.69) is 10.3 Å². The third-order valence-electron chi connectivity index (χ3n) is 2.47. The van der Waals surface area contributed by atoms with Gasteiger partial charge in [0.05, 0.1) is 11.0 Å². The van der Waals surface area contributed by atoms with E-state index in [1.54, 1.807) is 12.3 Å². The van der Waals surface area contributed by atoms with Gasteiger partial charge in [-0.25, -0.2) is 0 Å². The molecule has 0 radical (unpaired) electrons. The summed E-state index contributed by atoms with van der Waals surface area (Å²) in [4.78, 5) is 14.3. The van der Waals surface area contributed by atoms with E-state index < -0.39 is 15.7 Å². The lowest BCUT2D eigenvalue weighted by Gasteiger charge is -1.99. The van der Waals surface area contributed by atoms with Gasteiger partial charge in [0.1, 0.15) is 5.52 Å². The summed E-state index contributed by atoms with van der Waals surface area (Å²) < 4.78 is 16.2. The van der Waals surface area contributed by atoms with Crippen molar-refractivity contribution >= 4 is 33.6 Å². The van der Waals surface area contributed by atoms with E-state index in [1.807, 2.05) is 0 Å². The molecule has 0 aliphatic carbocycles. The van der Waals surface area contributed by atoms with Gasteiger partial charge < -0.3 is 9.73 Å². The zero-order valence-corrected chi connectivity index (χ0v) is 11.1. The number of aromatic nitrogens is 1. The largest absolute Gasteiger partial charge is 0.423 e. The first kappa shape index (κ1) is 13.5. The summed E-state index contributed by atoms with van der Waals surface area (Å²) in [5, 5.41) is 13.6. The molecule has 1 aromatic carbocycles. The average molecular weight is 283 g/mol. The van der Waals surface area contributed by atoms with E-state index in [1.165, 1.54) is 12.1 Å². The molecule has 0 spiro atoms. The topological polar surface area (TPSA) is 98.3 Å². The van der Waals surface area contributed by atoms with Crippen molar-refractivity contribution in [1.82, 2.24) is 4.98 Å². The second kappa shape index (κ2) is 5.79. The lowest BCUT2D eigenvalue weighted by Crippen LogP contribution is -2.06. The number of fused-ring (bicyclic) bond motifs is 1. The molecule has 1 atom stereocenters. The molecule has 7 nitrogen and oxygen atoms in total. The average Bonchev–Trinajstić information content (AvgIpc) is 2.75. The number of hydrogen-bond donors (Lipinski definition) is 1. The molecule has 19 heavy (non-hydrogen) atoms. The summed E-state index contributed by atoms with van der Waals surface area (Å²) in [6.45, 7) is 0.592. The van der Waals surface area contributed by atoms with Gasteiger partial charge >= 0.3 is 0 Å². The second-order valence-corrected chi connectivity index (χ2v) is 5.54. The Morgan fingerprint density at radius 3 is 3.00 bits per heavy atom. The summed E-state index contributed by atoms with van der Waals surface area (Å²) in [6.07, 6.45) is 2.39. The van der Waals surface area contributed by atoms with Crippen LogP contribution in [0.2, 0.25) is 0 Å². The number of nitrogens with zero attached hydrogens (tertiary/aromatic N) is 2. The third-order valence-corrected chi connectivity index (χ3v) is 3.33. The van der Waals surface area contributed by atoms with Crippen molar-refractivity contribution in [3.05, 3.63) is 28.3 Å². The number of oxazole rings is 1. The number of nitro benzene ring substituents is 1. The number of anilines is 1. The molecule has 102 valence electrons. The molecule has 1 N–H and O–H groups in total. The molecule has 0 bridgehead atoms.